The molecule has 1 aliphatic carbocycles. The van der Waals surface area contributed by atoms with Crippen LogP contribution in [0, 0.1) is 24.2 Å². The number of nitrogens with zero attached hydrogens (tertiary/aromatic N) is 4. The van der Waals surface area contributed by atoms with E-state index in [9.17, 15) is 18.5 Å². The topological polar surface area (TPSA) is 129 Å². The predicted molar refractivity (Wildman–Crippen MR) is 119 cm³/mol. The first kappa shape index (κ1) is 23.4. The van der Waals surface area contributed by atoms with E-state index in [0.29, 0.717) is 24.6 Å². The molecular weight excluding hydrogens is 442 g/mol. The molecular formula is C23H29N5O4S. The van der Waals surface area contributed by atoms with Gasteiger partial charge in [-0.3, -0.25) is 4.79 Å². The molecule has 2 fully saturated rings. The van der Waals surface area contributed by atoms with E-state index in [-0.39, 0.29) is 35.4 Å². The Balaban J connectivity index is 1.46. The van der Waals surface area contributed by atoms with Crippen molar-refractivity contribution in [2.75, 3.05) is 13.1 Å². The second-order valence-electron chi connectivity index (χ2n) is 8.91. The summed E-state index contributed by atoms with van der Waals surface area (Å²) < 4.78 is 32.8. The van der Waals surface area contributed by atoms with Crippen LogP contribution in [0.1, 0.15) is 68.6 Å². The van der Waals surface area contributed by atoms with Crippen LogP contribution in [0.4, 0.5) is 0 Å². The van der Waals surface area contributed by atoms with E-state index in [1.54, 1.807) is 19.1 Å². The second-order valence-corrected chi connectivity index (χ2v) is 10.8. The fraction of sp³-hybridized carbons (Fsp3) is 0.565. The Bertz CT molecular complexity index is 1140. The van der Waals surface area contributed by atoms with Crippen molar-refractivity contribution in [1.29, 1.82) is 5.26 Å². The van der Waals surface area contributed by atoms with Crippen LogP contribution in [0.25, 0.3) is 0 Å². The average molecular weight is 472 g/mol. The number of carbonyl (C=O) groups excluding carboxylic acids is 1. The number of nitriles is 1. The molecule has 0 atom stereocenters. The van der Waals surface area contributed by atoms with E-state index in [0.717, 1.165) is 38.5 Å². The monoisotopic (exact) mass is 471 g/mol. The lowest BCUT2D eigenvalue weighted by Gasteiger charge is -2.35. The van der Waals surface area contributed by atoms with Crippen molar-refractivity contribution in [3.05, 3.63) is 41.5 Å². The lowest BCUT2D eigenvalue weighted by molar-refractivity contribution is -0.128. The molecule has 1 aliphatic heterocycles. The zero-order valence-electron chi connectivity index (χ0n) is 18.8. The van der Waals surface area contributed by atoms with E-state index in [4.69, 9.17) is 4.52 Å². The zero-order valence-corrected chi connectivity index (χ0v) is 19.6. The van der Waals surface area contributed by atoms with Crippen molar-refractivity contribution >= 4 is 15.9 Å². The highest BCUT2D eigenvalue weighted by atomic mass is 32.2. The number of nitrogens with one attached hydrogen (secondary N) is 1. The first-order valence-corrected chi connectivity index (χ1v) is 12.9. The molecule has 1 amide bonds. The van der Waals surface area contributed by atoms with E-state index < -0.39 is 15.6 Å². The molecule has 1 aromatic heterocycles. The van der Waals surface area contributed by atoms with E-state index in [1.165, 1.54) is 16.4 Å². The smallest absolute Gasteiger partial charge is 0.244 e. The van der Waals surface area contributed by atoms with Gasteiger partial charge in [-0.1, -0.05) is 43.0 Å². The van der Waals surface area contributed by atoms with Gasteiger partial charge in [0, 0.05) is 25.9 Å². The number of hydrogen-bond donors (Lipinski definition) is 1. The van der Waals surface area contributed by atoms with Gasteiger partial charge in [-0.05, 0) is 37.8 Å². The lowest BCUT2D eigenvalue weighted by Crippen LogP contribution is -2.51. The summed E-state index contributed by atoms with van der Waals surface area (Å²) in [5, 5.41) is 16.7. The minimum atomic E-state index is -3.79. The molecule has 9 nitrogen and oxygen atoms in total. The molecule has 33 heavy (non-hydrogen) atoms. The van der Waals surface area contributed by atoms with Crippen molar-refractivity contribution < 1.29 is 17.7 Å². The molecule has 0 unspecified atom stereocenters. The van der Waals surface area contributed by atoms with E-state index in [1.807, 2.05) is 6.07 Å². The summed E-state index contributed by atoms with van der Waals surface area (Å²) in [5.74, 6) is 0.618. The molecule has 2 aliphatic rings. The Morgan fingerprint density at radius 3 is 2.45 bits per heavy atom. The SMILES string of the molecule is Cc1nc(C2(NC(=O)C3CCN(S(=O)(=O)c4ccccc4C#N)CC3)CCCCCC2)no1. The molecule has 1 saturated heterocycles. The summed E-state index contributed by atoms with van der Waals surface area (Å²) in [5.41, 5.74) is -0.511. The van der Waals surface area contributed by atoms with Crippen molar-refractivity contribution in [2.24, 2.45) is 5.92 Å². The molecule has 0 spiro atoms. The largest absolute Gasteiger partial charge is 0.343 e. The molecule has 1 aromatic carbocycles. The average Bonchev–Trinajstić information content (AvgIpc) is 3.14. The normalized spacial score (nSPS) is 20.0. The van der Waals surface area contributed by atoms with Crippen LogP contribution in [0.5, 0.6) is 0 Å². The molecule has 10 heteroatoms. The highest BCUT2D eigenvalue weighted by Gasteiger charge is 2.41. The molecule has 2 heterocycles. The van der Waals surface area contributed by atoms with E-state index >= 15 is 0 Å². The van der Waals surface area contributed by atoms with Gasteiger partial charge in [0.25, 0.3) is 0 Å². The third-order valence-electron chi connectivity index (χ3n) is 6.73. The highest BCUT2D eigenvalue weighted by molar-refractivity contribution is 7.89. The summed E-state index contributed by atoms with van der Waals surface area (Å²) in [7, 11) is -3.79. The number of aryl methyl sites for hydroxylation is 1. The lowest BCUT2D eigenvalue weighted by atomic mass is 9.87. The van der Waals surface area contributed by atoms with Crippen molar-refractivity contribution in [1.82, 2.24) is 19.8 Å². The number of hydrogen-bond acceptors (Lipinski definition) is 7. The molecule has 4 rings (SSSR count). The van der Waals surface area contributed by atoms with Gasteiger partial charge < -0.3 is 9.84 Å². The van der Waals surface area contributed by atoms with Gasteiger partial charge in [-0.2, -0.15) is 14.6 Å². The molecule has 1 N–H and O–H groups in total. The van der Waals surface area contributed by atoms with Crippen molar-refractivity contribution in [3.63, 3.8) is 0 Å². The van der Waals surface area contributed by atoms with Crippen molar-refractivity contribution in [3.8, 4) is 6.07 Å². The number of amides is 1. The Morgan fingerprint density at radius 1 is 1.18 bits per heavy atom. The standard InChI is InChI=1S/C23H29N5O4S/c1-17-25-22(27-32-17)23(12-6-2-3-7-13-23)26-21(29)18-10-14-28(15-11-18)33(30,31)20-9-5-4-8-19(20)16-24/h4-5,8-9,18H,2-3,6-7,10-15H2,1H3,(H,26,29). The van der Waals surface area contributed by atoms with Crippen LogP contribution in [0.3, 0.4) is 0 Å². The van der Waals surface area contributed by atoms with Crippen LogP contribution >= 0.6 is 0 Å². The number of rotatable bonds is 5. The van der Waals surface area contributed by atoms with Gasteiger partial charge in [0.15, 0.2) is 5.82 Å². The van der Waals surface area contributed by atoms with Gasteiger partial charge in [0.2, 0.25) is 21.8 Å². The Hall–Kier alpha value is -2.77. The minimum Gasteiger partial charge on any atom is -0.343 e. The number of piperidine rings is 1. The fourth-order valence-electron chi connectivity index (χ4n) is 4.85. The van der Waals surface area contributed by atoms with Crippen LogP contribution in [-0.2, 0) is 20.4 Å². The summed E-state index contributed by atoms with van der Waals surface area (Å²) >= 11 is 0. The van der Waals surface area contributed by atoms with Crippen molar-refractivity contribution in [2.45, 2.75) is 68.7 Å². The summed E-state index contributed by atoms with van der Waals surface area (Å²) in [6.45, 7) is 2.20. The van der Waals surface area contributed by atoms with Crippen LogP contribution in [0.15, 0.2) is 33.7 Å². The summed E-state index contributed by atoms with van der Waals surface area (Å²) in [6.07, 6.45) is 6.52. The van der Waals surface area contributed by atoms with Gasteiger partial charge in [0.05, 0.1) is 10.5 Å². The minimum absolute atomic E-state index is 0.0142. The fourth-order valence-corrected chi connectivity index (χ4v) is 6.46. The third-order valence-corrected chi connectivity index (χ3v) is 8.68. The second kappa shape index (κ2) is 9.61. The van der Waals surface area contributed by atoms with Gasteiger partial charge in [-0.25, -0.2) is 8.42 Å². The summed E-state index contributed by atoms with van der Waals surface area (Å²) in [6, 6.07) is 8.16. The Morgan fingerprint density at radius 2 is 1.85 bits per heavy atom. The van der Waals surface area contributed by atoms with Gasteiger partial charge >= 0.3 is 0 Å². The first-order valence-electron chi connectivity index (χ1n) is 11.5. The predicted octanol–water partition coefficient (Wildman–Crippen LogP) is 3.02. The number of carbonyl (C=O) groups is 1. The Kier molecular flexibility index (Phi) is 6.81. The van der Waals surface area contributed by atoms with Crippen LogP contribution < -0.4 is 5.32 Å². The van der Waals surface area contributed by atoms with Gasteiger partial charge in [0.1, 0.15) is 11.6 Å². The number of aromatic nitrogens is 2. The maximum absolute atomic E-state index is 13.3. The molecule has 176 valence electrons. The molecule has 2 aromatic rings. The number of benzene rings is 1. The van der Waals surface area contributed by atoms with Crippen LogP contribution in [0.2, 0.25) is 0 Å². The maximum atomic E-state index is 13.3. The first-order chi connectivity index (χ1) is 15.9. The summed E-state index contributed by atoms with van der Waals surface area (Å²) in [4.78, 5) is 17.7. The molecule has 1 saturated carbocycles. The van der Waals surface area contributed by atoms with Crippen LogP contribution in [-0.4, -0.2) is 41.9 Å². The highest BCUT2D eigenvalue weighted by Crippen LogP contribution is 2.35. The third kappa shape index (κ3) is 4.80. The quantitative estimate of drug-likeness (QED) is 0.664. The van der Waals surface area contributed by atoms with Gasteiger partial charge in [-0.15, -0.1) is 0 Å². The zero-order chi connectivity index (χ0) is 23.5. The Labute approximate surface area is 194 Å². The number of sulfonamides is 1. The van der Waals surface area contributed by atoms with E-state index in [2.05, 4.69) is 15.5 Å². The molecule has 0 bridgehead atoms. The molecule has 0 radical (unpaired) electrons. The maximum Gasteiger partial charge on any atom is 0.244 e.